The highest BCUT2D eigenvalue weighted by Crippen LogP contribution is 2.33. The van der Waals surface area contributed by atoms with E-state index >= 15 is 0 Å². The molecule has 0 spiro atoms. The number of nitrogens with one attached hydrogen (secondary N) is 2. The number of unbranched alkanes of at least 4 members (excludes halogenated alkanes) is 1. The second kappa shape index (κ2) is 7.96. The van der Waals surface area contributed by atoms with Crippen LogP contribution >= 0.6 is 0 Å². The summed E-state index contributed by atoms with van der Waals surface area (Å²) in [4.78, 5) is 23.1. The summed E-state index contributed by atoms with van der Waals surface area (Å²) < 4.78 is 1.75. The molecule has 2 atom stereocenters. The number of nitrogens with zero attached hydrogens (tertiary/aromatic N) is 2. The largest absolute Gasteiger partial charge is 0.465 e. The zero-order valence-electron chi connectivity index (χ0n) is 13.2. The standard InChI is InChI=1S/C15H24N4O4/c1-2-3-7-11(17-15(22)23)13(20)14(21)18-12-8-9-16-19(12)10-5-4-6-10/h8-11,13,17,20H,2-7H2,1H3,(H,18,21)(H,22,23)/t11?,13-/m0/s1. The molecular formula is C15H24N4O4. The van der Waals surface area contributed by atoms with Gasteiger partial charge < -0.3 is 20.8 Å². The van der Waals surface area contributed by atoms with Gasteiger partial charge >= 0.3 is 6.09 Å². The molecule has 2 rings (SSSR count). The Morgan fingerprint density at radius 1 is 1.48 bits per heavy atom. The molecule has 0 saturated heterocycles. The lowest BCUT2D eigenvalue weighted by Gasteiger charge is -2.28. The van der Waals surface area contributed by atoms with E-state index in [0.29, 0.717) is 12.2 Å². The number of hydrogen-bond acceptors (Lipinski definition) is 4. The number of aliphatic hydroxyl groups is 1. The maximum atomic E-state index is 12.2. The Morgan fingerprint density at radius 3 is 2.78 bits per heavy atom. The van der Waals surface area contributed by atoms with Gasteiger partial charge in [-0.25, -0.2) is 9.48 Å². The van der Waals surface area contributed by atoms with Crippen LogP contribution in [-0.2, 0) is 4.79 Å². The second-order valence-corrected chi connectivity index (χ2v) is 5.88. The summed E-state index contributed by atoms with van der Waals surface area (Å²) in [6.07, 6.45) is 4.06. The smallest absolute Gasteiger partial charge is 0.404 e. The molecule has 23 heavy (non-hydrogen) atoms. The minimum atomic E-state index is -1.44. The minimum absolute atomic E-state index is 0.283. The molecule has 8 heteroatoms. The van der Waals surface area contributed by atoms with Gasteiger partial charge in [-0.3, -0.25) is 4.79 Å². The molecule has 0 aliphatic heterocycles. The molecule has 0 bridgehead atoms. The first kappa shape index (κ1) is 17.3. The number of rotatable bonds is 8. The first-order valence-corrected chi connectivity index (χ1v) is 8.04. The summed E-state index contributed by atoms with van der Waals surface area (Å²) in [6.45, 7) is 1.96. The van der Waals surface area contributed by atoms with Crippen LogP contribution in [0, 0.1) is 0 Å². The Balaban J connectivity index is 1.99. The maximum absolute atomic E-state index is 12.2. The van der Waals surface area contributed by atoms with Crippen LogP contribution in [0.25, 0.3) is 0 Å². The van der Waals surface area contributed by atoms with Crippen LogP contribution in [0.4, 0.5) is 10.6 Å². The van der Waals surface area contributed by atoms with Crippen molar-refractivity contribution < 1.29 is 19.8 Å². The molecule has 8 nitrogen and oxygen atoms in total. The number of aromatic nitrogens is 2. The lowest BCUT2D eigenvalue weighted by Crippen LogP contribution is -2.48. The molecule has 1 saturated carbocycles. The van der Waals surface area contributed by atoms with Crippen molar-refractivity contribution in [3.05, 3.63) is 12.3 Å². The van der Waals surface area contributed by atoms with Crippen molar-refractivity contribution in [2.24, 2.45) is 0 Å². The fourth-order valence-electron chi connectivity index (χ4n) is 2.61. The van der Waals surface area contributed by atoms with E-state index in [-0.39, 0.29) is 6.04 Å². The Bertz CT molecular complexity index is 541. The molecule has 128 valence electrons. The molecule has 1 aromatic rings. The number of carboxylic acid groups (broad SMARTS) is 1. The molecule has 0 aromatic carbocycles. The molecule has 1 aromatic heterocycles. The third kappa shape index (κ3) is 4.44. The highest BCUT2D eigenvalue weighted by atomic mass is 16.4. The predicted octanol–water partition coefficient (Wildman–Crippen LogP) is 1.73. The van der Waals surface area contributed by atoms with Crippen LogP contribution in [0.5, 0.6) is 0 Å². The van der Waals surface area contributed by atoms with Gasteiger partial charge in [-0.05, 0) is 25.7 Å². The van der Waals surface area contributed by atoms with E-state index < -0.39 is 24.1 Å². The van der Waals surface area contributed by atoms with Crippen molar-refractivity contribution >= 4 is 17.8 Å². The molecular weight excluding hydrogens is 300 g/mol. The summed E-state index contributed by atoms with van der Waals surface area (Å²) in [5.41, 5.74) is 0. The van der Waals surface area contributed by atoms with Crippen molar-refractivity contribution in [2.75, 3.05) is 5.32 Å². The minimum Gasteiger partial charge on any atom is -0.465 e. The number of anilines is 1. The van der Waals surface area contributed by atoms with Crippen LogP contribution in [0.1, 0.15) is 51.5 Å². The second-order valence-electron chi connectivity index (χ2n) is 5.88. The number of amides is 2. The van der Waals surface area contributed by atoms with Crippen molar-refractivity contribution in [1.29, 1.82) is 0 Å². The van der Waals surface area contributed by atoms with Gasteiger partial charge in [-0.2, -0.15) is 5.10 Å². The van der Waals surface area contributed by atoms with Crippen molar-refractivity contribution in [3.8, 4) is 0 Å². The van der Waals surface area contributed by atoms with Crippen LogP contribution in [0.3, 0.4) is 0 Å². The summed E-state index contributed by atoms with van der Waals surface area (Å²) >= 11 is 0. The quantitative estimate of drug-likeness (QED) is 0.581. The number of carbonyl (C=O) groups is 2. The molecule has 0 radical (unpaired) electrons. The molecule has 1 aliphatic rings. The monoisotopic (exact) mass is 324 g/mol. The van der Waals surface area contributed by atoms with Gasteiger partial charge in [0, 0.05) is 6.07 Å². The molecule has 2 amide bonds. The fraction of sp³-hybridized carbons (Fsp3) is 0.667. The third-order valence-electron chi connectivity index (χ3n) is 4.17. The van der Waals surface area contributed by atoms with Crippen LogP contribution in [-0.4, -0.2) is 44.1 Å². The van der Waals surface area contributed by atoms with Crippen LogP contribution in [0.2, 0.25) is 0 Å². The highest BCUT2D eigenvalue weighted by Gasteiger charge is 2.29. The first-order valence-electron chi connectivity index (χ1n) is 8.04. The Labute approximate surface area is 134 Å². The molecule has 4 N–H and O–H groups in total. The van der Waals surface area contributed by atoms with Gasteiger partial charge in [0.15, 0.2) is 6.10 Å². The van der Waals surface area contributed by atoms with E-state index in [0.717, 1.165) is 32.1 Å². The Hall–Kier alpha value is -2.09. The van der Waals surface area contributed by atoms with Gasteiger partial charge in [0.2, 0.25) is 0 Å². The summed E-state index contributed by atoms with van der Waals surface area (Å²) in [5.74, 6) is -0.0933. The number of hydrogen-bond donors (Lipinski definition) is 4. The zero-order valence-corrected chi connectivity index (χ0v) is 13.2. The van der Waals surface area contributed by atoms with Gasteiger partial charge in [0.05, 0.1) is 18.3 Å². The highest BCUT2D eigenvalue weighted by molar-refractivity contribution is 5.94. The van der Waals surface area contributed by atoms with Gasteiger partial charge in [0.25, 0.3) is 5.91 Å². The van der Waals surface area contributed by atoms with Crippen LogP contribution in [0.15, 0.2) is 12.3 Å². The molecule has 1 heterocycles. The predicted molar refractivity (Wildman–Crippen MR) is 84.2 cm³/mol. The maximum Gasteiger partial charge on any atom is 0.404 e. The first-order chi connectivity index (χ1) is 11.0. The van der Waals surface area contributed by atoms with E-state index in [1.54, 1.807) is 16.9 Å². The molecule has 1 unspecified atom stereocenters. The van der Waals surface area contributed by atoms with E-state index in [4.69, 9.17) is 5.11 Å². The van der Waals surface area contributed by atoms with Gasteiger partial charge in [-0.15, -0.1) is 0 Å². The lowest BCUT2D eigenvalue weighted by molar-refractivity contribution is -0.125. The van der Waals surface area contributed by atoms with E-state index in [2.05, 4.69) is 15.7 Å². The fourth-order valence-corrected chi connectivity index (χ4v) is 2.61. The number of carbonyl (C=O) groups excluding carboxylic acids is 1. The normalized spacial score (nSPS) is 17.1. The van der Waals surface area contributed by atoms with E-state index in [1.165, 1.54) is 0 Å². The molecule has 1 fully saturated rings. The molecule has 1 aliphatic carbocycles. The number of aliphatic hydroxyl groups excluding tert-OH is 1. The third-order valence-corrected chi connectivity index (χ3v) is 4.17. The van der Waals surface area contributed by atoms with Crippen molar-refractivity contribution in [3.63, 3.8) is 0 Å². The average molecular weight is 324 g/mol. The van der Waals surface area contributed by atoms with Gasteiger partial charge in [-0.1, -0.05) is 19.8 Å². The van der Waals surface area contributed by atoms with Crippen LogP contribution < -0.4 is 10.6 Å². The topological polar surface area (TPSA) is 116 Å². The van der Waals surface area contributed by atoms with E-state index in [1.807, 2.05) is 6.92 Å². The van der Waals surface area contributed by atoms with Gasteiger partial charge in [0.1, 0.15) is 5.82 Å². The zero-order chi connectivity index (χ0) is 16.8. The average Bonchev–Trinajstić information content (AvgIpc) is 2.88. The Kier molecular flexibility index (Phi) is 5.97. The van der Waals surface area contributed by atoms with Crippen molar-refractivity contribution in [1.82, 2.24) is 15.1 Å². The summed E-state index contributed by atoms with van der Waals surface area (Å²) in [6, 6.07) is 1.13. The van der Waals surface area contributed by atoms with Crippen molar-refractivity contribution in [2.45, 2.75) is 63.6 Å². The summed E-state index contributed by atoms with van der Waals surface area (Å²) in [5, 5.41) is 28.1. The Morgan fingerprint density at radius 2 is 2.22 bits per heavy atom. The lowest BCUT2D eigenvalue weighted by atomic mass is 9.93. The summed E-state index contributed by atoms with van der Waals surface area (Å²) in [7, 11) is 0. The SMILES string of the molecule is CCCCC(NC(=O)O)[C@H](O)C(=O)Nc1ccnn1C1CCC1. The van der Waals surface area contributed by atoms with E-state index in [9.17, 15) is 14.7 Å².